The lowest BCUT2D eigenvalue weighted by Gasteiger charge is -2.39. The van der Waals surface area contributed by atoms with E-state index in [4.69, 9.17) is 0 Å². The molecule has 2 bridgehead atoms. The summed E-state index contributed by atoms with van der Waals surface area (Å²) in [4.78, 5) is 40.2. The highest BCUT2D eigenvalue weighted by atomic mass is 16.2. The number of hydrogen-bond donors (Lipinski definition) is 0. The van der Waals surface area contributed by atoms with Crippen molar-refractivity contribution in [3.05, 3.63) is 11.1 Å². The molecule has 1 saturated carbocycles. The van der Waals surface area contributed by atoms with Crippen molar-refractivity contribution in [1.82, 2.24) is 9.80 Å². The lowest BCUT2D eigenvalue weighted by Crippen LogP contribution is -2.40. The van der Waals surface area contributed by atoms with Crippen LogP contribution in [-0.4, -0.2) is 46.7 Å². The van der Waals surface area contributed by atoms with Crippen LogP contribution >= 0.6 is 0 Å². The minimum Gasteiger partial charge on any atom is -0.339 e. The van der Waals surface area contributed by atoms with Crippen molar-refractivity contribution in [3.8, 4) is 0 Å². The number of imide groups is 1. The summed E-state index contributed by atoms with van der Waals surface area (Å²) in [6.45, 7) is 11.2. The maximum absolute atomic E-state index is 12.7. The zero-order valence-electron chi connectivity index (χ0n) is 15.4. The van der Waals surface area contributed by atoms with Crippen molar-refractivity contribution in [3.63, 3.8) is 0 Å². The highest BCUT2D eigenvalue weighted by Crippen LogP contribution is 2.52. The Hall–Kier alpha value is -1.65. The largest absolute Gasteiger partial charge is 0.339 e. The summed E-state index contributed by atoms with van der Waals surface area (Å²) in [5.74, 6) is -0.429. The molecule has 3 aliphatic rings. The van der Waals surface area contributed by atoms with Gasteiger partial charge in [-0.25, -0.2) is 0 Å². The van der Waals surface area contributed by atoms with Crippen molar-refractivity contribution >= 4 is 17.7 Å². The predicted octanol–water partition coefficient (Wildman–Crippen LogP) is 2.51. The molecule has 2 fully saturated rings. The third-order valence-corrected chi connectivity index (χ3v) is 5.98. The number of nitrogens with zero attached hydrogens (tertiary/aromatic N) is 2. The van der Waals surface area contributed by atoms with Gasteiger partial charge in [-0.3, -0.25) is 19.3 Å². The van der Waals surface area contributed by atoms with E-state index in [0.717, 1.165) is 25.8 Å². The number of likely N-dealkylation sites (tertiary alicyclic amines) is 1. The number of carbonyl (C=O) groups excluding carboxylic acids is 3. The molecule has 5 heteroatoms. The molecule has 1 saturated heterocycles. The normalized spacial score (nSPS) is 32.1. The van der Waals surface area contributed by atoms with E-state index in [0.29, 0.717) is 17.2 Å². The topological polar surface area (TPSA) is 57.7 Å². The SMILES string of the molecule is CC1=C(C)C(=O)N(CCC(=O)N2CC3(C)CC2CC(C)(C)C3)C1=O. The van der Waals surface area contributed by atoms with Crippen molar-refractivity contribution < 1.29 is 14.4 Å². The fourth-order valence-corrected chi connectivity index (χ4v) is 5.12. The van der Waals surface area contributed by atoms with Gasteiger partial charge >= 0.3 is 0 Å². The highest BCUT2D eigenvalue weighted by molar-refractivity contribution is 6.18. The van der Waals surface area contributed by atoms with Crippen LogP contribution in [0.5, 0.6) is 0 Å². The van der Waals surface area contributed by atoms with Crippen LogP contribution in [0.1, 0.15) is 60.3 Å². The van der Waals surface area contributed by atoms with Gasteiger partial charge in [0, 0.05) is 36.7 Å². The average molecular weight is 332 g/mol. The summed E-state index contributed by atoms with van der Waals surface area (Å²) in [5, 5.41) is 0. The molecule has 2 atom stereocenters. The quantitative estimate of drug-likeness (QED) is 0.746. The first-order valence-corrected chi connectivity index (χ1v) is 8.86. The van der Waals surface area contributed by atoms with Crippen LogP contribution in [0.2, 0.25) is 0 Å². The second-order valence-corrected chi connectivity index (χ2v) is 9.00. The molecule has 0 aromatic rings. The van der Waals surface area contributed by atoms with E-state index < -0.39 is 0 Å². The first-order valence-electron chi connectivity index (χ1n) is 8.86. The number of hydrogen-bond acceptors (Lipinski definition) is 3. The number of carbonyl (C=O) groups is 3. The van der Waals surface area contributed by atoms with Gasteiger partial charge in [0.2, 0.25) is 5.91 Å². The Kier molecular flexibility index (Phi) is 3.89. The Morgan fingerprint density at radius 1 is 1.08 bits per heavy atom. The second-order valence-electron chi connectivity index (χ2n) is 9.00. The Balaban J connectivity index is 1.63. The van der Waals surface area contributed by atoms with Crippen molar-refractivity contribution in [2.75, 3.05) is 13.1 Å². The molecule has 1 aliphatic carbocycles. The third kappa shape index (κ3) is 2.78. The third-order valence-electron chi connectivity index (χ3n) is 5.98. The molecular weight excluding hydrogens is 304 g/mol. The van der Waals surface area contributed by atoms with Crippen LogP contribution in [0.4, 0.5) is 0 Å². The summed E-state index contributed by atoms with van der Waals surface area (Å²) in [6.07, 6.45) is 3.48. The fourth-order valence-electron chi connectivity index (χ4n) is 5.12. The highest BCUT2D eigenvalue weighted by Gasteiger charge is 2.50. The lowest BCUT2D eigenvalue weighted by atomic mass is 9.65. The Bertz CT molecular complexity index is 625. The van der Waals surface area contributed by atoms with Gasteiger partial charge in [0.15, 0.2) is 0 Å². The molecular formula is C19H28N2O3. The van der Waals surface area contributed by atoms with Gasteiger partial charge in [-0.1, -0.05) is 20.8 Å². The van der Waals surface area contributed by atoms with Gasteiger partial charge in [-0.15, -0.1) is 0 Å². The van der Waals surface area contributed by atoms with Crippen molar-refractivity contribution in [2.24, 2.45) is 10.8 Å². The molecule has 5 nitrogen and oxygen atoms in total. The first-order chi connectivity index (χ1) is 11.0. The average Bonchev–Trinajstić information content (AvgIpc) is 2.82. The molecule has 24 heavy (non-hydrogen) atoms. The van der Waals surface area contributed by atoms with E-state index in [1.807, 2.05) is 4.90 Å². The number of amides is 3. The van der Waals surface area contributed by atoms with E-state index in [-0.39, 0.29) is 41.5 Å². The van der Waals surface area contributed by atoms with Crippen molar-refractivity contribution in [2.45, 2.75) is 66.3 Å². The molecule has 132 valence electrons. The summed E-state index contributed by atoms with van der Waals surface area (Å²) in [6, 6.07) is 0.304. The van der Waals surface area contributed by atoms with Crippen LogP contribution in [0.15, 0.2) is 11.1 Å². The Morgan fingerprint density at radius 2 is 1.67 bits per heavy atom. The second kappa shape index (κ2) is 5.43. The maximum Gasteiger partial charge on any atom is 0.256 e. The maximum atomic E-state index is 12.7. The minimum absolute atomic E-state index is 0.0734. The summed E-state index contributed by atoms with van der Waals surface area (Å²) in [5.41, 5.74) is 1.47. The molecule has 2 aliphatic heterocycles. The standard InChI is InChI=1S/C19H28N2O3/c1-12-13(2)17(24)20(16(12)23)7-6-15(22)21-11-19(5)9-14(21)8-18(3,4)10-19/h14H,6-11H2,1-5H3. The smallest absolute Gasteiger partial charge is 0.256 e. The molecule has 0 aromatic heterocycles. The van der Waals surface area contributed by atoms with Gasteiger partial charge in [-0.2, -0.15) is 0 Å². The van der Waals surface area contributed by atoms with Crippen LogP contribution < -0.4 is 0 Å². The number of fused-ring (bicyclic) bond motifs is 2. The van der Waals surface area contributed by atoms with Crippen LogP contribution in [0, 0.1) is 10.8 Å². The first kappa shape index (κ1) is 17.2. The Labute approximate surface area is 144 Å². The monoisotopic (exact) mass is 332 g/mol. The molecule has 2 heterocycles. The molecule has 0 aromatic carbocycles. The van der Waals surface area contributed by atoms with E-state index in [2.05, 4.69) is 20.8 Å². The number of rotatable bonds is 3. The van der Waals surface area contributed by atoms with E-state index in [1.54, 1.807) is 13.8 Å². The van der Waals surface area contributed by atoms with Gasteiger partial charge in [0.25, 0.3) is 11.8 Å². The molecule has 2 unspecified atom stereocenters. The van der Waals surface area contributed by atoms with E-state index in [1.165, 1.54) is 4.90 Å². The molecule has 0 radical (unpaired) electrons. The van der Waals surface area contributed by atoms with E-state index in [9.17, 15) is 14.4 Å². The van der Waals surface area contributed by atoms with Gasteiger partial charge in [-0.05, 0) is 43.9 Å². The summed E-state index contributed by atoms with van der Waals surface area (Å²) >= 11 is 0. The molecule has 3 rings (SSSR count). The lowest BCUT2D eigenvalue weighted by molar-refractivity contribution is -0.139. The Morgan fingerprint density at radius 3 is 2.25 bits per heavy atom. The van der Waals surface area contributed by atoms with Gasteiger partial charge < -0.3 is 4.90 Å². The molecule has 0 N–H and O–H groups in total. The van der Waals surface area contributed by atoms with Crippen molar-refractivity contribution in [1.29, 1.82) is 0 Å². The van der Waals surface area contributed by atoms with E-state index >= 15 is 0 Å². The molecule has 0 spiro atoms. The zero-order chi connectivity index (χ0) is 17.9. The predicted molar refractivity (Wildman–Crippen MR) is 91.0 cm³/mol. The van der Waals surface area contributed by atoms with Gasteiger partial charge in [0.05, 0.1) is 0 Å². The van der Waals surface area contributed by atoms with Crippen LogP contribution in [-0.2, 0) is 14.4 Å². The van der Waals surface area contributed by atoms with Crippen LogP contribution in [0.3, 0.4) is 0 Å². The summed E-state index contributed by atoms with van der Waals surface area (Å²) in [7, 11) is 0. The summed E-state index contributed by atoms with van der Waals surface area (Å²) < 4.78 is 0. The fraction of sp³-hybridized carbons (Fsp3) is 0.737. The van der Waals surface area contributed by atoms with Crippen LogP contribution in [0.25, 0.3) is 0 Å². The van der Waals surface area contributed by atoms with Gasteiger partial charge in [0.1, 0.15) is 0 Å². The molecule has 3 amide bonds. The zero-order valence-corrected chi connectivity index (χ0v) is 15.4. The minimum atomic E-state index is -0.251.